The molecule has 0 N–H and O–H groups in total. The van der Waals surface area contributed by atoms with Crippen molar-refractivity contribution in [3.8, 4) is 11.1 Å². The summed E-state index contributed by atoms with van der Waals surface area (Å²) in [5.41, 5.74) is 3.61. The van der Waals surface area contributed by atoms with Crippen LogP contribution in [0.3, 0.4) is 0 Å². The molecular weight excluding hydrogens is 370 g/mol. The summed E-state index contributed by atoms with van der Waals surface area (Å²) in [6, 6.07) is 8.58. The van der Waals surface area contributed by atoms with E-state index in [1.165, 1.54) is 16.7 Å². The van der Waals surface area contributed by atoms with Gasteiger partial charge in [-0.3, -0.25) is 0 Å². The summed E-state index contributed by atoms with van der Waals surface area (Å²) in [4.78, 5) is 12.3. The lowest BCUT2D eigenvalue weighted by atomic mass is 10.0. The van der Waals surface area contributed by atoms with Crippen LogP contribution in [-0.2, 0) is 9.47 Å². The first-order valence-corrected chi connectivity index (χ1v) is 9.14. The van der Waals surface area contributed by atoms with Crippen LogP contribution in [-0.4, -0.2) is 50.5 Å². The number of rotatable bonds is 8. The summed E-state index contributed by atoms with van der Waals surface area (Å²) in [6.45, 7) is 4.89. The van der Waals surface area contributed by atoms with E-state index in [1.54, 1.807) is 31.9 Å². The molecule has 0 atom stereocenters. The molecule has 0 fully saturated rings. The number of ether oxygens (including phenoxy) is 2. The summed E-state index contributed by atoms with van der Waals surface area (Å²) < 4.78 is 10.5. The number of thiophene rings is 1. The minimum Gasteiger partial charge on any atom is -0.383 e. The van der Waals surface area contributed by atoms with Crippen molar-refractivity contribution in [2.24, 2.45) is 0 Å². The Morgan fingerprint density at radius 1 is 1.00 bits per heavy atom. The monoisotopic (exact) mass is 393 g/mol. The number of aromatic nitrogens is 2. The fraction of sp³-hybridized carbons (Fsp3) is 0.368. The number of nitrogens with zero attached hydrogens (tertiary/aromatic N) is 3. The highest BCUT2D eigenvalue weighted by Crippen LogP contribution is 2.37. The van der Waals surface area contributed by atoms with E-state index < -0.39 is 0 Å². The second-order valence-electron chi connectivity index (χ2n) is 5.87. The molecule has 0 aliphatic rings. The van der Waals surface area contributed by atoms with Crippen LogP contribution >= 0.6 is 23.7 Å². The minimum atomic E-state index is 0. The zero-order valence-corrected chi connectivity index (χ0v) is 16.9. The highest BCUT2D eigenvalue weighted by atomic mass is 35.5. The van der Waals surface area contributed by atoms with E-state index >= 15 is 0 Å². The van der Waals surface area contributed by atoms with Gasteiger partial charge in [0.1, 0.15) is 17.0 Å². The number of methoxy groups -OCH3 is 2. The normalized spacial score (nSPS) is 10.7. The van der Waals surface area contributed by atoms with Crippen LogP contribution in [0.4, 0.5) is 5.82 Å². The fourth-order valence-corrected chi connectivity index (χ4v) is 3.68. The predicted octanol–water partition coefficient (Wildman–Crippen LogP) is 4.19. The van der Waals surface area contributed by atoms with E-state index in [0.717, 1.165) is 29.1 Å². The van der Waals surface area contributed by atoms with Gasteiger partial charge in [-0.2, -0.15) is 0 Å². The topological polar surface area (TPSA) is 47.5 Å². The van der Waals surface area contributed by atoms with Crippen LogP contribution in [0.5, 0.6) is 0 Å². The second-order valence-corrected chi connectivity index (χ2v) is 6.72. The smallest absolute Gasteiger partial charge is 0.141 e. The third-order valence-electron chi connectivity index (χ3n) is 4.14. The number of fused-ring (bicyclic) bond motifs is 1. The second kappa shape index (κ2) is 9.83. The molecule has 7 heteroatoms. The lowest BCUT2D eigenvalue weighted by Gasteiger charge is -2.24. The van der Waals surface area contributed by atoms with Crippen molar-refractivity contribution in [1.82, 2.24) is 9.97 Å². The van der Waals surface area contributed by atoms with Crippen molar-refractivity contribution in [3.63, 3.8) is 0 Å². The molecular formula is C19H24ClN3O2S. The van der Waals surface area contributed by atoms with Gasteiger partial charge in [0.05, 0.1) is 18.6 Å². The molecule has 0 spiro atoms. The molecule has 0 saturated heterocycles. The first kappa shape index (κ1) is 20.6. The van der Waals surface area contributed by atoms with Gasteiger partial charge < -0.3 is 14.4 Å². The van der Waals surface area contributed by atoms with Crippen LogP contribution in [0.2, 0.25) is 0 Å². The molecule has 1 aromatic carbocycles. The molecule has 5 nitrogen and oxygen atoms in total. The van der Waals surface area contributed by atoms with E-state index in [-0.39, 0.29) is 12.4 Å². The van der Waals surface area contributed by atoms with Crippen molar-refractivity contribution in [2.75, 3.05) is 45.4 Å². The van der Waals surface area contributed by atoms with Gasteiger partial charge in [0.2, 0.25) is 0 Å². The molecule has 0 bridgehead atoms. The summed E-state index contributed by atoms with van der Waals surface area (Å²) in [5, 5.41) is 3.27. The summed E-state index contributed by atoms with van der Waals surface area (Å²) in [5.74, 6) is 0.941. The number of benzene rings is 1. The Morgan fingerprint density at radius 2 is 1.65 bits per heavy atom. The average Bonchev–Trinajstić information content (AvgIpc) is 3.07. The molecule has 0 saturated carbocycles. The largest absolute Gasteiger partial charge is 0.383 e. The number of anilines is 1. The standard InChI is InChI=1S/C19H23N3O2S.ClH/c1-14-4-6-15(7-5-14)16-12-25-19-17(16)18(20-13-21-19)22(8-10-23-2)9-11-24-3;/h4-7,12-13H,8-11H2,1-3H3;1H. The van der Waals surface area contributed by atoms with Crippen molar-refractivity contribution in [2.45, 2.75) is 6.92 Å². The van der Waals surface area contributed by atoms with Gasteiger partial charge in [-0.1, -0.05) is 29.8 Å². The molecule has 0 unspecified atom stereocenters. The molecule has 0 aliphatic heterocycles. The lowest BCUT2D eigenvalue weighted by molar-refractivity contribution is 0.190. The zero-order chi connectivity index (χ0) is 17.6. The molecule has 0 aliphatic carbocycles. The molecule has 3 aromatic rings. The quantitative estimate of drug-likeness (QED) is 0.574. The van der Waals surface area contributed by atoms with Gasteiger partial charge >= 0.3 is 0 Å². The zero-order valence-electron chi connectivity index (χ0n) is 15.3. The maximum Gasteiger partial charge on any atom is 0.141 e. The first-order valence-electron chi connectivity index (χ1n) is 8.26. The van der Waals surface area contributed by atoms with Gasteiger partial charge in [0, 0.05) is 38.3 Å². The molecule has 26 heavy (non-hydrogen) atoms. The molecule has 140 valence electrons. The summed E-state index contributed by atoms with van der Waals surface area (Å²) >= 11 is 1.65. The number of halogens is 1. The Bertz CT molecular complexity index is 815. The highest BCUT2D eigenvalue weighted by molar-refractivity contribution is 7.17. The Kier molecular flexibility index (Phi) is 7.78. The summed E-state index contributed by atoms with van der Waals surface area (Å²) in [7, 11) is 3.43. The number of hydrogen-bond acceptors (Lipinski definition) is 6. The highest BCUT2D eigenvalue weighted by Gasteiger charge is 2.17. The number of aryl methyl sites for hydroxylation is 1. The van der Waals surface area contributed by atoms with E-state index in [2.05, 4.69) is 51.4 Å². The maximum atomic E-state index is 5.27. The van der Waals surface area contributed by atoms with E-state index in [9.17, 15) is 0 Å². The van der Waals surface area contributed by atoms with Gasteiger partial charge in [-0.05, 0) is 12.5 Å². The van der Waals surface area contributed by atoms with E-state index in [4.69, 9.17) is 9.47 Å². The van der Waals surface area contributed by atoms with Crippen LogP contribution in [0.1, 0.15) is 5.56 Å². The van der Waals surface area contributed by atoms with Gasteiger partial charge in [0.25, 0.3) is 0 Å². The molecule has 0 amide bonds. The first-order chi connectivity index (χ1) is 12.2. The third kappa shape index (κ3) is 4.51. The molecule has 3 rings (SSSR count). The van der Waals surface area contributed by atoms with Gasteiger partial charge in [-0.25, -0.2) is 9.97 Å². The van der Waals surface area contributed by atoms with Crippen molar-refractivity contribution in [3.05, 3.63) is 41.5 Å². The molecule has 0 radical (unpaired) electrons. The Balaban J connectivity index is 0.00000243. The molecule has 2 heterocycles. The van der Waals surface area contributed by atoms with Crippen LogP contribution in [0.15, 0.2) is 36.0 Å². The fourth-order valence-electron chi connectivity index (χ4n) is 2.77. The Morgan fingerprint density at radius 3 is 2.27 bits per heavy atom. The predicted molar refractivity (Wildman–Crippen MR) is 111 cm³/mol. The number of hydrogen-bond donors (Lipinski definition) is 0. The van der Waals surface area contributed by atoms with E-state index in [1.807, 2.05) is 0 Å². The average molecular weight is 394 g/mol. The van der Waals surface area contributed by atoms with Crippen molar-refractivity contribution < 1.29 is 9.47 Å². The van der Waals surface area contributed by atoms with Crippen LogP contribution in [0, 0.1) is 6.92 Å². The van der Waals surface area contributed by atoms with Crippen LogP contribution < -0.4 is 4.90 Å². The van der Waals surface area contributed by atoms with Crippen molar-refractivity contribution >= 4 is 39.8 Å². The van der Waals surface area contributed by atoms with Gasteiger partial charge in [0.15, 0.2) is 0 Å². The maximum absolute atomic E-state index is 5.27. The SMILES string of the molecule is COCCN(CCOC)c1ncnc2scc(-c3ccc(C)cc3)c12.Cl. The third-order valence-corrected chi connectivity index (χ3v) is 5.03. The summed E-state index contributed by atoms with van der Waals surface area (Å²) in [6.07, 6.45) is 1.64. The minimum absolute atomic E-state index is 0. The van der Waals surface area contributed by atoms with E-state index in [0.29, 0.717) is 13.2 Å². The van der Waals surface area contributed by atoms with Crippen molar-refractivity contribution in [1.29, 1.82) is 0 Å². The Hall–Kier alpha value is -1.73. The van der Waals surface area contributed by atoms with Gasteiger partial charge in [-0.15, -0.1) is 23.7 Å². The molecule has 2 aromatic heterocycles. The Labute approximate surface area is 164 Å². The van der Waals surface area contributed by atoms with Crippen LogP contribution in [0.25, 0.3) is 21.3 Å². The lowest BCUT2D eigenvalue weighted by Crippen LogP contribution is -2.31.